The first-order valence-electron chi connectivity index (χ1n) is 16.5. The van der Waals surface area contributed by atoms with Crippen molar-refractivity contribution >= 4 is 13.9 Å². The van der Waals surface area contributed by atoms with Crippen LogP contribution in [0.25, 0.3) is 0 Å². The quantitative estimate of drug-likeness (QED) is 0.0972. The average molecular weight is 624 g/mol. The van der Waals surface area contributed by atoms with E-state index in [4.69, 9.17) is 9.47 Å². The second-order valence-corrected chi connectivity index (χ2v) is 15.6. The van der Waals surface area contributed by atoms with E-state index in [1.165, 1.54) is 50.7 Å². The summed E-state index contributed by atoms with van der Waals surface area (Å²) in [7, 11) is 2.30. The van der Waals surface area contributed by atoms with Gasteiger partial charge in [-0.25, -0.2) is 0 Å². The second kappa shape index (κ2) is 16.0. The van der Waals surface area contributed by atoms with Crippen molar-refractivity contribution in [2.24, 2.45) is 0 Å². The Bertz CT molecular complexity index is 1450. The lowest BCUT2D eigenvalue weighted by atomic mass is 9.82. The fraction of sp³-hybridized carbons (Fsp3) is 0.415. The highest BCUT2D eigenvalue weighted by atomic mass is 31.1. The van der Waals surface area contributed by atoms with Gasteiger partial charge in [0.1, 0.15) is 5.75 Å². The van der Waals surface area contributed by atoms with Crippen LogP contribution in [-0.4, -0.2) is 18.8 Å². The van der Waals surface area contributed by atoms with Crippen LogP contribution in [0.1, 0.15) is 92.8 Å². The van der Waals surface area contributed by atoms with Crippen LogP contribution in [0.3, 0.4) is 0 Å². The Morgan fingerprint density at radius 1 is 0.733 bits per heavy atom. The molecule has 0 radical (unpaired) electrons. The number of aryl methyl sites for hydroxylation is 2. The molecule has 0 heterocycles. The minimum absolute atomic E-state index is 0.0390. The lowest BCUT2D eigenvalue weighted by Gasteiger charge is -2.36. The Hall–Kier alpha value is -2.97. The number of unbranched alkanes of at least 4 members (excludes halogenated alkanes) is 1. The molecule has 240 valence electrons. The Morgan fingerprint density at radius 2 is 1.36 bits per heavy atom. The highest BCUT2D eigenvalue weighted by Gasteiger charge is 2.34. The number of nitrogens with zero attached hydrogens (tertiary/aromatic N) is 1. The van der Waals surface area contributed by atoms with Crippen molar-refractivity contribution in [3.05, 3.63) is 130 Å². The molecule has 0 fully saturated rings. The summed E-state index contributed by atoms with van der Waals surface area (Å²) < 4.78 is 11.8. The van der Waals surface area contributed by atoms with E-state index < -0.39 is 0 Å². The number of hydrogen-bond donors (Lipinski definition) is 0. The monoisotopic (exact) mass is 623 g/mol. The van der Waals surface area contributed by atoms with E-state index in [0.29, 0.717) is 8.58 Å². The number of methoxy groups -OCH3 is 1. The van der Waals surface area contributed by atoms with Gasteiger partial charge in [0.15, 0.2) is 6.79 Å². The van der Waals surface area contributed by atoms with E-state index in [0.717, 1.165) is 38.2 Å². The summed E-state index contributed by atoms with van der Waals surface area (Å²) in [5.74, 6) is 0.987. The summed E-state index contributed by atoms with van der Waals surface area (Å²) in [6.07, 6.45) is 3.43. The van der Waals surface area contributed by atoms with Crippen molar-refractivity contribution in [1.29, 1.82) is 0 Å². The second-order valence-electron chi connectivity index (χ2n) is 13.8. The van der Waals surface area contributed by atoms with Gasteiger partial charge in [-0.2, -0.15) is 0 Å². The highest BCUT2D eigenvalue weighted by Crippen LogP contribution is 2.51. The van der Waals surface area contributed by atoms with E-state index in [-0.39, 0.29) is 17.4 Å². The zero-order valence-corrected chi connectivity index (χ0v) is 29.9. The highest BCUT2D eigenvalue weighted by molar-refractivity contribution is 7.48. The van der Waals surface area contributed by atoms with E-state index in [9.17, 15) is 0 Å². The molecule has 3 nitrogen and oxygen atoms in total. The van der Waals surface area contributed by atoms with Crippen LogP contribution in [0.15, 0.2) is 91.0 Å². The zero-order valence-electron chi connectivity index (χ0n) is 28.9. The van der Waals surface area contributed by atoms with Crippen LogP contribution in [0.5, 0.6) is 5.75 Å². The summed E-state index contributed by atoms with van der Waals surface area (Å²) in [4.78, 5) is 2.59. The molecule has 4 aromatic rings. The van der Waals surface area contributed by atoms with E-state index in [1.807, 2.05) is 0 Å². The van der Waals surface area contributed by atoms with Crippen molar-refractivity contribution < 1.29 is 9.47 Å². The lowest BCUT2D eigenvalue weighted by Crippen LogP contribution is -2.28. The molecule has 0 aliphatic carbocycles. The predicted molar refractivity (Wildman–Crippen MR) is 194 cm³/mol. The molecular weight excluding hydrogens is 569 g/mol. The first-order valence-corrected chi connectivity index (χ1v) is 17.5. The van der Waals surface area contributed by atoms with Gasteiger partial charge >= 0.3 is 0 Å². The average Bonchev–Trinajstić information content (AvgIpc) is 3.01. The van der Waals surface area contributed by atoms with Crippen molar-refractivity contribution in [1.82, 2.24) is 4.90 Å². The SMILES string of the molecule is CCCCC(C)(Pc1c(C)cccc1CN(Cc1ccccc1)Cc1ccccc1)c1cc(C(C)(C)C)cc(C)c1OCOC. The van der Waals surface area contributed by atoms with Crippen molar-refractivity contribution in [2.75, 3.05) is 13.9 Å². The molecule has 0 bridgehead atoms. The van der Waals surface area contributed by atoms with E-state index in [1.54, 1.807) is 7.11 Å². The summed E-state index contributed by atoms with van der Waals surface area (Å²) >= 11 is 0. The number of ether oxygens (including phenoxy) is 2. The van der Waals surface area contributed by atoms with Gasteiger partial charge in [0.25, 0.3) is 0 Å². The number of rotatable bonds is 15. The number of hydrogen-bond acceptors (Lipinski definition) is 3. The minimum atomic E-state index is -0.0876. The third-order valence-corrected chi connectivity index (χ3v) is 10.8. The molecule has 4 aromatic carbocycles. The Labute approximate surface area is 275 Å². The summed E-state index contributed by atoms with van der Waals surface area (Å²) in [6.45, 7) is 19.1. The zero-order chi connectivity index (χ0) is 32.5. The van der Waals surface area contributed by atoms with Gasteiger partial charge in [-0.05, 0) is 64.4 Å². The molecule has 0 N–H and O–H groups in total. The van der Waals surface area contributed by atoms with Crippen LogP contribution in [0, 0.1) is 13.8 Å². The Balaban J connectivity index is 1.79. The predicted octanol–water partition coefficient (Wildman–Crippen LogP) is 10.2. The van der Waals surface area contributed by atoms with Gasteiger partial charge in [0, 0.05) is 37.5 Å². The van der Waals surface area contributed by atoms with Crippen LogP contribution < -0.4 is 10.0 Å². The van der Waals surface area contributed by atoms with Crippen molar-refractivity contribution in [3.8, 4) is 5.75 Å². The smallest absolute Gasteiger partial charge is 0.188 e. The molecule has 4 rings (SSSR count). The standard InChI is InChI=1S/C41H54NO2P/c1-9-10-24-41(7,37-26-36(40(4,5)6)25-32(3)38(37)44-30-43-8)45-39-31(2)18-17-23-35(39)29-42(27-33-19-13-11-14-20-33)28-34-21-15-12-16-22-34/h11-23,25-26,45H,9-10,24,27-30H2,1-8H3. The summed E-state index contributed by atoms with van der Waals surface area (Å²) in [6, 6.07) is 33.4. The van der Waals surface area contributed by atoms with Crippen LogP contribution in [0.4, 0.5) is 0 Å². The van der Waals surface area contributed by atoms with Gasteiger partial charge in [-0.1, -0.05) is 147 Å². The fourth-order valence-corrected chi connectivity index (χ4v) is 7.91. The fourth-order valence-electron chi connectivity index (χ4n) is 6.13. The van der Waals surface area contributed by atoms with Gasteiger partial charge < -0.3 is 9.47 Å². The first-order chi connectivity index (χ1) is 21.5. The topological polar surface area (TPSA) is 21.7 Å². The molecule has 4 heteroatoms. The van der Waals surface area contributed by atoms with Gasteiger partial charge in [0.2, 0.25) is 0 Å². The first kappa shape index (κ1) is 34.9. The number of benzene rings is 4. The molecule has 2 atom stereocenters. The molecule has 0 saturated heterocycles. The molecular formula is C41H54NO2P. The maximum absolute atomic E-state index is 6.38. The maximum Gasteiger partial charge on any atom is 0.188 e. The third-order valence-electron chi connectivity index (χ3n) is 8.74. The Kier molecular flexibility index (Phi) is 12.4. The Morgan fingerprint density at radius 3 is 1.91 bits per heavy atom. The summed E-state index contributed by atoms with van der Waals surface area (Å²) in [5, 5.41) is 1.40. The third kappa shape index (κ3) is 9.52. The molecule has 0 saturated carbocycles. The van der Waals surface area contributed by atoms with Crippen molar-refractivity contribution in [3.63, 3.8) is 0 Å². The normalized spacial score (nSPS) is 13.4. The molecule has 0 aliphatic heterocycles. The van der Waals surface area contributed by atoms with E-state index >= 15 is 0 Å². The van der Waals surface area contributed by atoms with Crippen LogP contribution >= 0.6 is 8.58 Å². The van der Waals surface area contributed by atoms with Crippen molar-refractivity contribution in [2.45, 2.75) is 97.9 Å². The molecule has 0 aromatic heterocycles. The van der Waals surface area contributed by atoms with Crippen LogP contribution in [0.2, 0.25) is 0 Å². The molecule has 0 amide bonds. The summed E-state index contributed by atoms with van der Waals surface area (Å²) in [5.41, 5.74) is 9.37. The van der Waals surface area contributed by atoms with E-state index in [2.05, 4.69) is 144 Å². The molecule has 45 heavy (non-hydrogen) atoms. The van der Waals surface area contributed by atoms with Gasteiger partial charge in [0.05, 0.1) is 0 Å². The largest absolute Gasteiger partial charge is 0.467 e. The van der Waals surface area contributed by atoms with Crippen LogP contribution in [-0.2, 0) is 34.9 Å². The maximum atomic E-state index is 6.38. The van der Waals surface area contributed by atoms with Gasteiger partial charge in [-0.15, -0.1) is 0 Å². The lowest BCUT2D eigenvalue weighted by molar-refractivity contribution is 0.0494. The van der Waals surface area contributed by atoms with Gasteiger partial charge in [-0.3, -0.25) is 4.90 Å². The molecule has 0 aliphatic rings. The minimum Gasteiger partial charge on any atom is -0.467 e. The molecule has 2 unspecified atom stereocenters. The molecule has 0 spiro atoms.